The zero-order valence-electron chi connectivity index (χ0n) is 9.52. The third-order valence-electron chi connectivity index (χ3n) is 3.03. The Morgan fingerprint density at radius 1 is 1.29 bits per heavy atom. The van der Waals surface area contributed by atoms with Gasteiger partial charge in [-0.25, -0.2) is 0 Å². The number of para-hydroxylation sites is 1. The Bertz CT molecular complexity index is 424. The third kappa shape index (κ3) is 3.18. The van der Waals surface area contributed by atoms with Crippen LogP contribution >= 0.6 is 12.2 Å². The van der Waals surface area contributed by atoms with Crippen LogP contribution in [0.1, 0.15) is 19.3 Å². The van der Waals surface area contributed by atoms with Crippen molar-refractivity contribution in [2.75, 3.05) is 5.32 Å². The summed E-state index contributed by atoms with van der Waals surface area (Å²) < 4.78 is 0. The molecule has 0 unspecified atom stereocenters. The predicted molar refractivity (Wildman–Crippen MR) is 72.5 cm³/mol. The lowest BCUT2D eigenvalue weighted by atomic mass is 10.1. The molecule has 1 aliphatic rings. The molecule has 0 heterocycles. The molecule has 1 aromatic rings. The summed E-state index contributed by atoms with van der Waals surface area (Å²) in [5.74, 6) is 0.0884. The van der Waals surface area contributed by atoms with Crippen LogP contribution in [-0.2, 0) is 0 Å². The molecule has 0 spiro atoms. The van der Waals surface area contributed by atoms with E-state index in [-0.39, 0.29) is 12.0 Å². The van der Waals surface area contributed by atoms with Gasteiger partial charge < -0.3 is 10.6 Å². The topological polar surface area (TPSA) is 47.9 Å². The molecule has 3 nitrogen and oxygen atoms in total. The van der Waals surface area contributed by atoms with E-state index in [0.717, 1.165) is 24.9 Å². The smallest absolute Gasteiger partial charge is 0.171 e. The van der Waals surface area contributed by atoms with Gasteiger partial charge in [0.2, 0.25) is 0 Å². The van der Waals surface area contributed by atoms with Gasteiger partial charge in [-0.15, -0.1) is 0 Å². The van der Waals surface area contributed by atoms with Gasteiger partial charge in [0.05, 0.1) is 12.0 Å². The van der Waals surface area contributed by atoms with E-state index in [9.17, 15) is 0 Å². The molecule has 2 atom stereocenters. The maximum atomic E-state index is 8.99. The Kier molecular flexibility index (Phi) is 3.94. The van der Waals surface area contributed by atoms with Gasteiger partial charge in [-0.3, -0.25) is 0 Å². The SMILES string of the molecule is N#C[C@@H]1CCC[C@H]1NC(=S)Nc1ccccc1. The number of benzene rings is 1. The highest BCUT2D eigenvalue weighted by molar-refractivity contribution is 7.80. The number of anilines is 1. The number of nitrogens with one attached hydrogen (secondary N) is 2. The minimum atomic E-state index is 0.0884. The lowest BCUT2D eigenvalue weighted by Crippen LogP contribution is -2.39. The molecule has 0 aliphatic heterocycles. The second-order valence-electron chi connectivity index (χ2n) is 4.24. The van der Waals surface area contributed by atoms with E-state index >= 15 is 0 Å². The number of hydrogen-bond acceptors (Lipinski definition) is 2. The van der Waals surface area contributed by atoms with Gasteiger partial charge in [-0.2, -0.15) is 5.26 Å². The molecule has 0 radical (unpaired) electrons. The highest BCUT2D eigenvalue weighted by Crippen LogP contribution is 2.24. The highest BCUT2D eigenvalue weighted by Gasteiger charge is 2.27. The average molecular weight is 245 g/mol. The van der Waals surface area contributed by atoms with E-state index < -0.39 is 0 Å². The summed E-state index contributed by atoms with van der Waals surface area (Å²) in [6.07, 6.45) is 3.10. The Morgan fingerprint density at radius 3 is 2.76 bits per heavy atom. The fraction of sp³-hybridized carbons (Fsp3) is 0.385. The number of nitriles is 1. The average Bonchev–Trinajstić information content (AvgIpc) is 2.77. The maximum absolute atomic E-state index is 8.99. The number of nitrogens with zero attached hydrogens (tertiary/aromatic N) is 1. The van der Waals surface area contributed by atoms with Crippen LogP contribution in [0.5, 0.6) is 0 Å². The fourth-order valence-electron chi connectivity index (χ4n) is 2.14. The van der Waals surface area contributed by atoms with Crippen molar-refractivity contribution in [1.29, 1.82) is 5.26 Å². The standard InChI is InChI=1S/C13H15N3S/c14-9-10-5-4-8-12(10)16-13(17)15-11-6-2-1-3-7-11/h1-3,6-7,10,12H,4-5,8H2,(H2,15,16,17)/t10-,12+/m0/s1. The zero-order chi connectivity index (χ0) is 12.1. The molecule has 0 saturated heterocycles. The lowest BCUT2D eigenvalue weighted by Gasteiger charge is -2.18. The molecule has 1 fully saturated rings. The first-order valence-corrected chi connectivity index (χ1v) is 6.22. The summed E-state index contributed by atoms with van der Waals surface area (Å²) >= 11 is 5.24. The number of rotatable bonds is 2. The first-order valence-electron chi connectivity index (χ1n) is 5.82. The molecule has 17 heavy (non-hydrogen) atoms. The molecular formula is C13H15N3S. The monoisotopic (exact) mass is 245 g/mol. The molecule has 0 amide bonds. The van der Waals surface area contributed by atoms with Crippen LogP contribution in [0.4, 0.5) is 5.69 Å². The van der Waals surface area contributed by atoms with Crippen molar-refractivity contribution in [2.45, 2.75) is 25.3 Å². The summed E-state index contributed by atoms with van der Waals surface area (Å²) in [5.41, 5.74) is 0.969. The Hall–Kier alpha value is -1.60. The van der Waals surface area contributed by atoms with Crippen LogP contribution in [0, 0.1) is 17.2 Å². The van der Waals surface area contributed by atoms with Gasteiger partial charge in [0.15, 0.2) is 5.11 Å². The van der Waals surface area contributed by atoms with Crippen LogP contribution in [-0.4, -0.2) is 11.2 Å². The van der Waals surface area contributed by atoms with Crippen molar-refractivity contribution in [2.24, 2.45) is 5.92 Å². The Balaban J connectivity index is 1.88. The van der Waals surface area contributed by atoms with Crippen molar-refractivity contribution < 1.29 is 0 Å². The van der Waals surface area contributed by atoms with Crippen molar-refractivity contribution in [3.05, 3.63) is 30.3 Å². The summed E-state index contributed by atoms with van der Waals surface area (Å²) in [6, 6.07) is 12.3. The molecule has 88 valence electrons. The van der Waals surface area contributed by atoms with Crippen LogP contribution in [0.15, 0.2) is 30.3 Å². The minimum absolute atomic E-state index is 0.0884. The van der Waals surface area contributed by atoms with Crippen LogP contribution in [0.3, 0.4) is 0 Å². The van der Waals surface area contributed by atoms with E-state index in [0.29, 0.717) is 5.11 Å². The number of thiocarbonyl (C=S) groups is 1. The summed E-state index contributed by atoms with van der Waals surface area (Å²) in [4.78, 5) is 0. The summed E-state index contributed by atoms with van der Waals surface area (Å²) in [6.45, 7) is 0. The fourth-order valence-corrected chi connectivity index (χ4v) is 2.41. The highest BCUT2D eigenvalue weighted by atomic mass is 32.1. The van der Waals surface area contributed by atoms with Gasteiger partial charge in [0.1, 0.15) is 0 Å². The van der Waals surface area contributed by atoms with Gasteiger partial charge >= 0.3 is 0 Å². The summed E-state index contributed by atoms with van der Waals surface area (Å²) in [5, 5.41) is 15.9. The van der Waals surface area contributed by atoms with E-state index in [1.807, 2.05) is 30.3 Å². The molecule has 1 aliphatic carbocycles. The molecular weight excluding hydrogens is 230 g/mol. The molecule has 0 bridgehead atoms. The Labute approximate surface area is 107 Å². The van der Waals surface area contributed by atoms with Crippen LogP contribution < -0.4 is 10.6 Å². The third-order valence-corrected chi connectivity index (χ3v) is 3.25. The van der Waals surface area contributed by atoms with E-state index in [2.05, 4.69) is 16.7 Å². The summed E-state index contributed by atoms with van der Waals surface area (Å²) in [7, 11) is 0. The molecule has 2 N–H and O–H groups in total. The van der Waals surface area contributed by atoms with Crippen molar-refractivity contribution >= 4 is 23.0 Å². The predicted octanol–water partition coefficient (Wildman–Crippen LogP) is 2.67. The quantitative estimate of drug-likeness (QED) is 0.786. The molecule has 4 heteroatoms. The van der Waals surface area contributed by atoms with Crippen molar-refractivity contribution in [3.8, 4) is 6.07 Å². The van der Waals surface area contributed by atoms with E-state index in [4.69, 9.17) is 17.5 Å². The normalized spacial score (nSPS) is 22.8. The number of hydrogen-bond donors (Lipinski definition) is 2. The van der Waals surface area contributed by atoms with E-state index in [1.54, 1.807) is 0 Å². The maximum Gasteiger partial charge on any atom is 0.171 e. The zero-order valence-corrected chi connectivity index (χ0v) is 10.3. The molecule has 0 aromatic heterocycles. The van der Waals surface area contributed by atoms with Gasteiger partial charge in [0.25, 0.3) is 0 Å². The van der Waals surface area contributed by atoms with Gasteiger partial charge in [-0.1, -0.05) is 18.2 Å². The lowest BCUT2D eigenvalue weighted by molar-refractivity contribution is 0.544. The van der Waals surface area contributed by atoms with E-state index in [1.165, 1.54) is 0 Å². The molecule has 1 saturated carbocycles. The molecule has 2 rings (SSSR count). The minimum Gasteiger partial charge on any atom is -0.358 e. The Morgan fingerprint density at radius 2 is 2.06 bits per heavy atom. The van der Waals surface area contributed by atoms with Crippen LogP contribution in [0.2, 0.25) is 0 Å². The molecule has 1 aromatic carbocycles. The van der Waals surface area contributed by atoms with Gasteiger partial charge in [0, 0.05) is 11.7 Å². The van der Waals surface area contributed by atoms with Crippen molar-refractivity contribution in [3.63, 3.8) is 0 Å². The second-order valence-corrected chi connectivity index (χ2v) is 4.65. The first-order chi connectivity index (χ1) is 8.29. The van der Waals surface area contributed by atoms with Crippen molar-refractivity contribution in [1.82, 2.24) is 5.32 Å². The van der Waals surface area contributed by atoms with Gasteiger partial charge in [-0.05, 0) is 43.6 Å². The largest absolute Gasteiger partial charge is 0.358 e. The second kappa shape index (κ2) is 5.65. The van der Waals surface area contributed by atoms with Crippen LogP contribution in [0.25, 0.3) is 0 Å². The first kappa shape index (κ1) is 11.9.